The van der Waals surface area contributed by atoms with Gasteiger partial charge in [0.2, 0.25) is 0 Å². The van der Waals surface area contributed by atoms with Gasteiger partial charge in [0.25, 0.3) is 0 Å². The maximum atomic E-state index is 6.50. The van der Waals surface area contributed by atoms with Crippen molar-refractivity contribution in [3.05, 3.63) is 24.2 Å². The van der Waals surface area contributed by atoms with Crippen LogP contribution in [-0.2, 0) is 6.42 Å². The van der Waals surface area contributed by atoms with Gasteiger partial charge in [0.15, 0.2) is 0 Å². The van der Waals surface area contributed by atoms with E-state index in [1.54, 1.807) is 6.26 Å². The van der Waals surface area contributed by atoms with E-state index < -0.39 is 0 Å². The first-order valence-electron chi connectivity index (χ1n) is 7.02. The molecule has 1 heterocycles. The van der Waals surface area contributed by atoms with Crippen molar-refractivity contribution in [3.8, 4) is 0 Å². The van der Waals surface area contributed by atoms with Gasteiger partial charge in [0.1, 0.15) is 0 Å². The van der Waals surface area contributed by atoms with E-state index in [0.717, 1.165) is 12.3 Å². The van der Waals surface area contributed by atoms with Gasteiger partial charge in [-0.2, -0.15) is 0 Å². The van der Waals surface area contributed by atoms with E-state index in [-0.39, 0.29) is 5.54 Å². The first-order chi connectivity index (χ1) is 8.22. The monoisotopic (exact) mass is 235 g/mol. The first kappa shape index (κ1) is 12.7. The van der Waals surface area contributed by atoms with Crippen LogP contribution in [0, 0.1) is 5.92 Å². The number of rotatable bonds is 5. The smallest absolute Gasteiger partial charge is 0.0935 e. The summed E-state index contributed by atoms with van der Waals surface area (Å²) in [6.07, 6.45) is 13.6. The van der Waals surface area contributed by atoms with Gasteiger partial charge < -0.3 is 10.2 Å². The maximum absolute atomic E-state index is 6.50. The molecular formula is C15H25NO. The lowest BCUT2D eigenvalue weighted by Crippen LogP contribution is -2.45. The van der Waals surface area contributed by atoms with Crippen LogP contribution in [-0.4, -0.2) is 5.54 Å². The van der Waals surface area contributed by atoms with Crippen LogP contribution in [0.3, 0.4) is 0 Å². The van der Waals surface area contributed by atoms with E-state index in [1.165, 1.54) is 50.5 Å². The zero-order valence-electron chi connectivity index (χ0n) is 11.0. The Hall–Kier alpha value is -0.760. The molecule has 1 aliphatic rings. The van der Waals surface area contributed by atoms with E-state index in [0.29, 0.717) is 0 Å². The van der Waals surface area contributed by atoms with Crippen LogP contribution in [0.15, 0.2) is 23.0 Å². The number of hydrogen-bond acceptors (Lipinski definition) is 2. The second-order valence-electron chi connectivity index (χ2n) is 5.76. The molecule has 0 aromatic carbocycles. The van der Waals surface area contributed by atoms with Gasteiger partial charge in [0.05, 0.1) is 12.5 Å². The molecule has 0 spiro atoms. The Balaban J connectivity index is 1.80. The molecule has 0 bridgehead atoms. The molecule has 0 saturated heterocycles. The minimum Gasteiger partial charge on any atom is -0.472 e. The fraction of sp³-hybridized carbons (Fsp3) is 0.733. The standard InChI is InChI=1S/C15H25NO/c1-2-3-4-13-5-8-15(16,9-6-13)11-14-7-10-17-12-14/h7,10,12-13H,2-6,8-9,11,16H2,1H3. The third kappa shape index (κ3) is 3.60. The van der Waals surface area contributed by atoms with Crippen molar-refractivity contribution in [2.24, 2.45) is 11.7 Å². The SMILES string of the molecule is CCCCC1CCC(N)(Cc2ccoc2)CC1. The first-order valence-corrected chi connectivity index (χ1v) is 7.02. The second-order valence-corrected chi connectivity index (χ2v) is 5.76. The summed E-state index contributed by atoms with van der Waals surface area (Å²) in [5.74, 6) is 0.927. The minimum atomic E-state index is 0.0204. The average Bonchev–Trinajstić information content (AvgIpc) is 2.81. The van der Waals surface area contributed by atoms with Crippen LogP contribution in [0.1, 0.15) is 57.4 Å². The molecule has 1 aliphatic carbocycles. The summed E-state index contributed by atoms with van der Waals surface area (Å²) in [6, 6.07) is 2.04. The van der Waals surface area contributed by atoms with Crippen LogP contribution in [0.4, 0.5) is 0 Å². The summed E-state index contributed by atoms with van der Waals surface area (Å²) < 4.78 is 5.12. The topological polar surface area (TPSA) is 39.2 Å². The van der Waals surface area contributed by atoms with Crippen LogP contribution < -0.4 is 5.73 Å². The van der Waals surface area contributed by atoms with E-state index in [2.05, 4.69) is 6.92 Å². The van der Waals surface area contributed by atoms with Gasteiger partial charge in [0, 0.05) is 5.54 Å². The predicted molar refractivity (Wildman–Crippen MR) is 70.8 cm³/mol. The van der Waals surface area contributed by atoms with E-state index in [4.69, 9.17) is 10.2 Å². The molecular weight excluding hydrogens is 210 g/mol. The van der Waals surface area contributed by atoms with Gasteiger partial charge in [-0.15, -0.1) is 0 Å². The molecule has 0 radical (unpaired) electrons. The molecule has 17 heavy (non-hydrogen) atoms. The van der Waals surface area contributed by atoms with E-state index in [9.17, 15) is 0 Å². The van der Waals surface area contributed by atoms with Gasteiger partial charge in [-0.25, -0.2) is 0 Å². The van der Waals surface area contributed by atoms with Crippen molar-refractivity contribution in [2.75, 3.05) is 0 Å². The van der Waals surface area contributed by atoms with Gasteiger partial charge in [-0.05, 0) is 49.7 Å². The molecule has 2 heteroatoms. The largest absolute Gasteiger partial charge is 0.472 e. The summed E-state index contributed by atoms with van der Waals surface area (Å²) in [7, 11) is 0. The fourth-order valence-electron chi connectivity index (χ4n) is 3.01. The Labute approximate surface area is 105 Å². The molecule has 1 saturated carbocycles. The fourth-order valence-corrected chi connectivity index (χ4v) is 3.01. The number of unbranched alkanes of at least 4 members (excludes halogenated alkanes) is 1. The van der Waals surface area contributed by atoms with Gasteiger partial charge in [-0.1, -0.05) is 26.2 Å². The molecule has 2 rings (SSSR count). The Kier molecular flexibility index (Phi) is 4.27. The summed E-state index contributed by atoms with van der Waals surface area (Å²) >= 11 is 0. The third-order valence-electron chi connectivity index (χ3n) is 4.20. The molecule has 0 aliphatic heterocycles. The van der Waals surface area contributed by atoms with Crippen LogP contribution in [0.2, 0.25) is 0 Å². The molecule has 96 valence electrons. The van der Waals surface area contributed by atoms with Crippen LogP contribution in [0.25, 0.3) is 0 Å². The van der Waals surface area contributed by atoms with Gasteiger partial charge in [-0.3, -0.25) is 0 Å². The highest BCUT2D eigenvalue weighted by atomic mass is 16.3. The van der Waals surface area contributed by atoms with Crippen LogP contribution in [0.5, 0.6) is 0 Å². The molecule has 2 nitrogen and oxygen atoms in total. The maximum Gasteiger partial charge on any atom is 0.0935 e. The van der Waals surface area contributed by atoms with Crippen molar-refractivity contribution in [1.82, 2.24) is 0 Å². The third-order valence-corrected chi connectivity index (χ3v) is 4.20. The number of hydrogen-bond donors (Lipinski definition) is 1. The molecule has 1 aromatic rings. The summed E-state index contributed by atoms with van der Waals surface area (Å²) in [4.78, 5) is 0. The predicted octanol–water partition coefficient (Wildman–Crippen LogP) is 3.90. The molecule has 0 unspecified atom stereocenters. The highest BCUT2D eigenvalue weighted by Crippen LogP contribution is 2.35. The van der Waals surface area contributed by atoms with Gasteiger partial charge >= 0.3 is 0 Å². The Morgan fingerprint density at radius 1 is 1.41 bits per heavy atom. The highest BCUT2D eigenvalue weighted by molar-refractivity contribution is 5.11. The second kappa shape index (κ2) is 5.72. The van der Waals surface area contributed by atoms with Crippen molar-refractivity contribution in [3.63, 3.8) is 0 Å². The lowest BCUT2D eigenvalue weighted by Gasteiger charge is -2.37. The highest BCUT2D eigenvalue weighted by Gasteiger charge is 2.31. The lowest BCUT2D eigenvalue weighted by atomic mass is 9.73. The molecule has 1 fully saturated rings. The van der Waals surface area contributed by atoms with Crippen LogP contribution >= 0.6 is 0 Å². The summed E-state index contributed by atoms with van der Waals surface area (Å²) in [5, 5.41) is 0. The Morgan fingerprint density at radius 3 is 2.76 bits per heavy atom. The van der Waals surface area contributed by atoms with Crippen molar-refractivity contribution in [1.29, 1.82) is 0 Å². The summed E-state index contributed by atoms with van der Waals surface area (Å²) in [5.41, 5.74) is 7.77. The zero-order chi connectivity index (χ0) is 12.1. The molecule has 0 amide bonds. The van der Waals surface area contributed by atoms with E-state index >= 15 is 0 Å². The number of nitrogens with two attached hydrogens (primary N) is 1. The average molecular weight is 235 g/mol. The Bertz CT molecular complexity index is 310. The quantitative estimate of drug-likeness (QED) is 0.840. The zero-order valence-corrected chi connectivity index (χ0v) is 11.0. The minimum absolute atomic E-state index is 0.0204. The molecule has 1 aromatic heterocycles. The molecule has 0 atom stereocenters. The van der Waals surface area contributed by atoms with Crippen molar-refractivity contribution in [2.45, 2.75) is 63.8 Å². The summed E-state index contributed by atoms with van der Waals surface area (Å²) in [6.45, 7) is 2.27. The van der Waals surface area contributed by atoms with Crippen molar-refractivity contribution < 1.29 is 4.42 Å². The normalized spacial score (nSPS) is 29.4. The number of furan rings is 1. The molecule has 2 N–H and O–H groups in total. The Morgan fingerprint density at radius 2 is 2.18 bits per heavy atom. The van der Waals surface area contributed by atoms with Crippen molar-refractivity contribution >= 4 is 0 Å². The van der Waals surface area contributed by atoms with E-state index in [1.807, 2.05) is 12.3 Å². The lowest BCUT2D eigenvalue weighted by molar-refractivity contribution is 0.221.